The van der Waals surface area contributed by atoms with Crippen LogP contribution in [0.3, 0.4) is 0 Å². The number of pyridine rings is 1. The number of hydrogen-bond donors (Lipinski definition) is 0. The Hall–Kier alpha value is -2.72. The van der Waals surface area contributed by atoms with Crippen molar-refractivity contribution in [1.29, 1.82) is 0 Å². The van der Waals surface area contributed by atoms with Crippen molar-refractivity contribution in [2.24, 2.45) is 0 Å². The molecule has 0 aliphatic carbocycles. The zero-order valence-corrected chi connectivity index (χ0v) is 21.6. The van der Waals surface area contributed by atoms with Gasteiger partial charge in [-0.25, -0.2) is 8.42 Å². The lowest BCUT2D eigenvalue weighted by Gasteiger charge is -2.32. The van der Waals surface area contributed by atoms with Gasteiger partial charge in [-0.05, 0) is 80.7 Å². The summed E-state index contributed by atoms with van der Waals surface area (Å²) < 4.78 is 46.3. The molecule has 2 heterocycles. The fourth-order valence-electron chi connectivity index (χ4n) is 3.78. The maximum atomic E-state index is 13.7. The second kappa shape index (κ2) is 9.74. The molecule has 0 atom stereocenters. The zero-order valence-electron chi connectivity index (χ0n) is 20.8. The number of methoxy groups -OCH3 is 1. The maximum Gasteiger partial charge on any atom is 0.494 e. The first-order valence-electron chi connectivity index (χ1n) is 11.5. The second-order valence-electron chi connectivity index (χ2n) is 9.63. The van der Waals surface area contributed by atoms with Crippen LogP contribution in [-0.4, -0.2) is 43.1 Å². The highest BCUT2D eigenvalue weighted by molar-refractivity contribution is 7.89. The third-order valence-electron chi connectivity index (χ3n) is 6.67. The lowest BCUT2D eigenvalue weighted by atomic mass is 9.79. The molecule has 0 saturated carbocycles. The van der Waals surface area contributed by atoms with E-state index < -0.39 is 28.3 Å². The average Bonchev–Trinajstić information content (AvgIpc) is 3.06. The largest absolute Gasteiger partial charge is 0.497 e. The zero-order chi connectivity index (χ0) is 25.3. The number of rotatable bonds is 8. The summed E-state index contributed by atoms with van der Waals surface area (Å²) in [5, 5.41) is 0. The Bertz CT molecular complexity index is 1230. The summed E-state index contributed by atoms with van der Waals surface area (Å²) in [5.41, 5.74) is 1.55. The fourth-order valence-corrected chi connectivity index (χ4v) is 5.19. The molecule has 0 unspecified atom stereocenters. The van der Waals surface area contributed by atoms with Crippen LogP contribution in [0.15, 0.2) is 78.0 Å². The van der Waals surface area contributed by atoms with Crippen LogP contribution < -0.4 is 10.2 Å². The highest BCUT2D eigenvalue weighted by Gasteiger charge is 2.51. The first kappa shape index (κ1) is 25.4. The predicted octanol–water partition coefficient (Wildman–Crippen LogP) is 3.78. The van der Waals surface area contributed by atoms with Crippen molar-refractivity contribution in [1.82, 2.24) is 9.29 Å². The van der Waals surface area contributed by atoms with Crippen LogP contribution in [-0.2, 0) is 32.4 Å². The van der Waals surface area contributed by atoms with Crippen LogP contribution in [0.25, 0.3) is 0 Å². The Morgan fingerprint density at radius 2 is 1.34 bits per heavy atom. The number of ether oxygens (including phenoxy) is 1. The number of benzene rings is 2. The second-order valence-corrected chi connectivity index (χ2v) is 11.6. The summed E-state index contributed by atoms with van der Waals surface area (Å²) >= 11 is 0. The molecule has 7 nitrogen and oxygen atoms in total. The van der Waals surface area contributed by atoms with Crippen molar-refractivity contribution < 1.29 is 22.5 Å². The summed E-state index contributed by atoms with van der Waals surface area (Å²) in [5.74, 6) is 0.718. The minimum Gasteiger partial charge on any atom is -0.497 e. The summed E-state index contributed by atoms with van der Waals surface area (Å²) in [6.45, 7) is 8.39. The summed E-state index contributed by atoms with van der Waals surface area (Å²) in [4.78, 5) is 4.25. The molecule has 0 bridgehead atoms. The Balaban J connectivity index is 1.60. The SMILES string of the molecule is COc1ccc(CN(Cc2ccncc2)S(=O)(=O)c2ccc(B3OC(C)(C)C(C)(C)O3)cc2)cc1. The molecule has 0 spiro atoms. The molecule has 1 saturated heterocycles. The van der Waals surface area contributed by atoms with E-state index in [1.807, 2.05) is 64.1 Å². The van der Waals surface area contributed by atoms with E-state index in [1.165, 1.54) is 4.31 Å². The molecule has 0 N–H and O–H groups in total. The third-order valence-corrected chi connectivity index (χ3v) is 8.48. The number of aromatic nitrogens is 1. The standard InChI is InChI=1S/C26H31BN2O5S/c1-25(2)26(3,4)34-27(33-25)22-8-12-24(13-9-22)35(30,31)29(19-21-14-16-28-17-15-21)18-20-6-10-23(32-5)11-7-20/h6-17H,18-19H2,1-5H3. The van der Waals surface area contributed by atoms with E-state index in [-0.39, 0.29) is 18.0 Å². The van der Waals surface area contributed by atoms with E-state index in [0.29, 0.717) is 0 Å². The Kier molecular flexibility index (Phi) is 7.06. The first-order chi connectivity index (χ1) is 16.5. The minimum absolute atomic E-state index is 0.209. The van der Waals surface area contributed by atoms with Gasteiger partial charge in [0.2, 0.25) is 10.0 Å². The van der Waals surface area contributed by atoms with Crippen LogP contribution in [0.1, 0.15) is 38.8 Å². The molecule has 4 rings (SSSR count). The summed E-state index contributed by atoms with van der Waals surface area (Å²) in [6.07, 6.45) is 3.32. The van der Waals surface area contributed by atoms with Gasteiger partial charge in [-0.1, -0.05) is 24.3 Å². The monoisotopic (exact) mass is 494 g/mol. The Labute approximate surface area is 208 Å². The van der Waals surface area contributed by atoms with Gasteiger partial charge in [0.05, 0.1) is 23.2 Å². The molecule has 0 radical (unpaired) electrons. The van der Waals surface area contributed by atoms with Gasteiger partial charge in [0, 0.05) is 25.5 Å². The van der Waals surface area contributed by atoms with E-state index in [2.05, 4.69) is 4.98 Å². The van der Waals surface area contributed by atoms with Gasteiger partial charge in [0.25, 0.3) is 0 Å². The molecule has 9 heteroatoms. The normalized spacial score (nSPS) is 17.0. The molecular formula is C26H31BN2O5S. The first-order valence-corrected chi connectivity index (χ1v) is 12.9. The number of nitrogens with zero attached hydrogens (tertiary/aromatic N) is 2. The summed E-state index contributed by atoms with van der Waals surface area (Å²) in [7, 11) is -2.75. The van der Waals surface area contributed by atoms with Gasteiger partial charge in [-0.2, -0.15) is 4.31 Å². The molecule has 1 aliphatic rings. The molecule has 0 amide bonds. The quantitative estimate of drug-likeness (QED) is 0.444. The lowest BCUT2D eigenvalue weighted by molar-refractivity contribution is 0.00578. The maximum absolute atomic E-state index is 13.7. The minimum atomic E-state index is -3.80. The smallest absolute Gasteiger partial charge is 0.494 e. The van der Waals surface area contributed by atoms with Crippen LogP contribution in [0.4, 0.5) is 0 Å². The van der Waals surface area contributed by atoms with Gasteiger partial charge in [-0.15, -0.1) is 0 Å². The summed E-state index contributed by atoms with van der Waals surface area (Å²) in [6, 6.07) is 17.8. The van der Waals surface area contributed by atoms with Crippen molar-refractivity contribution in [3.63, 3.8) is 0 Å². The lowest BCUT2D eigenvalue weighted by Crippen LogP contribution is -2.41. The fraction of sp³-hybridized carbons (Fsp3) is 0.346. The van der Waals surface area contributed by atoms with Crippen molar-refractivity contribution in [2.75, 3.05) is 7.11 Å². The average molecular weight is 494 g/mol. The van der Waals surface area contributed by atoms with Gasteiger partial charge in [0.1, 0.15) is 5.75 Å². The molecule has 1 aliphatic heterocycles. The van der Waals surface area contributed by atoms with Gasteiger partial charge in [0.15, 0.2) is 0 Å². The molecular weight excluding hydrogens is 463 g/mol. The van der Waals surface area contributed by atoms with Crippen molar-refractivity contribution in [3.8, 4) is 5.75 Å². The Morgan fingerprint density at radius 3 is 1.86 bits per heavy atom. The Morgan fingerprint density at radius 1 is 0.829 bits per heavy atom. The van der Waals surface area contributed by atoms with Crippen LogP contribution in [0.2, 0.25) is 0 Å². The van der Waals surface area contributed by atoms with Gasteiger partial charge in [-0.3, -0.25) is 4.98 Å². The third kappa shape index (κ3) is 5.43. The van der Waals surface area contributed by atoms with E-state index in [4.69, 9.17) is 14.0 Å². The highest BCUT2D eigenvalue weighted by Crippen LogP contribution is 2.36. The van der Waals surface area contributed by atoms with Gasteiger partial charge >= 0.3 is 7.12 Å². The highest BCUT2D eigenvalue weighted by atomic mass is 32.2. The van der Waals surface area contributed by atoms with Crippen LogP contribution in [0, 0.1) is 0 Å². The molecule has 2 aromatic carbocycles. The number of sulfonamides is 1. The van der Waals surface area contributed by atoms with Crippen molar-refractivity contribution in [3.05, 3.63) is 84.2 Å². The van der Waals surface area contributed by atoms with Gasteiger partial charge < -0.3 is 14.0 Å². The van der Waals surface area contributed by atoms with E-state index >= 15 is 0 Å². The molecule has 35 heavy (non-hydrogen) atoms. The van der Waals surface area contributed by atoms with Crippen LogP contribution >= 0.6 is 0 Å². The van der Waals surface area contributed by atoms with E-state index in [9.17, 15) is 8.42 Å². The predicted molar refractivity (Wildman–Crippen MR) is 136 cm³/mol. The molecule has 184 valence electrons. The van der Waals surface area contributed by atoms with E-state index in [1.54, 1.807) is 43.8 Å². The topological polar surface area (TPSA) is 78.0 Å². The molecule has 3 aromatic rings. The molecule has 1 aromatic heterocycles. The van der Waals surface area contributed by atoms with Crippen LogP contribution in [0.5, 0.6) is 5.75 Å². The number of hydrogen-bond acceptors (Lipinski definition) is 6. The van der Waals surface area contributed by atoms with Crippen molar-refractivity contribution >= 4 is 22.6 Å². The van der Waals surface area contributed by atoms with E-state index in [0.717, 1.165) is 22.3 Å². The molecule has 1 fully saturated rings. The van der Waals surface area contributed by atoms with Crippen molar-refractivity contribution in [2.45, 2.75) is 56.9 Å².